The van der Waals surface area contributed by atoms with E-state index in [2.05, 4.69) is 18.4 Å². The van der Waals surface area contributed by atoms with Crippen LogP contribution in [0.2, 0.25) is 0 Å². The van der Waals surface area contributed by atoms with Crippen molar-refractivity contribution in [1.82, 2.24) is 4.57 Å². The highest BCUT2D eigenvalue weighted by Crippen LogP contribution is 2.31. The van der Waals surface area contributed by atoms with Gasteiger partial charge in [0.1, 0.15) is 11.4 Å². The van der Waals surface area contributed by atoms with Gasteiger partial charge in [0, 0.05) is 36.9 Å². The Morgan fingerprint density at radius 3 is 2.69 bits per heavy atom. The molecular formula is C25H34N4O3+2. The molecule has 7 nitrogen and oxygen atoms in total. The first-order chi connectivity index (χ1) is 15.6. The number of amides is 1. The fourth-order valence-corrected chi connectivity index (χ4v) is 5.90. The van der Waals surface area contributed by atoms with Gasteiger partial charge in [0.2, 0.25) is 0 Å². The molecule has 0 aliphatic carbocycles. The van der Waals surface area contributed by atoms with Crippen molar-refractivity contribution in [3.05, 3.63) is 58.5 Å². The van der Waals surface area contributed by atoms with Crippen LogP contribution in [0, 0.1) is 5.92 Å². The molecule has 5 rings (SSSR count). The predicted octanol–water partition coefficient (Wildman–Crippen LogP) is -0.455. The van der Waals surface area contributed by atoms with E-state index in [1.807, 2.05) is 22.8 Å². The lowest BCUT2D eigenvalue weighted by molar-refractivity contribution is -0.959. The number of ether oxygens (including phenoxy) is 1. The van der Waals surface area contributed by atoms with Gasteiger partial charge in [-0.05, 0) is 30.7 Å². The third-order valence-corrected chi connectivity index (χ3v) is 7.55. The van der Waals surface area contributed by atoms with E-state index in [4.69, 9.17) is 4.74 Å². The Balaban J connectivity index is 1.26. The van der Waals surface area contributed by atoms with Gasteiger partial charge in [0.05, 0.1) is 39.3 Å². The van der Waals surface area contributed by atoms with Crippen molar-refractivity contribution in [3.8, 4) is 5.75 Å². The molecular weight excluding hydrogens is 404 g/mol. The minimum Gasteiger partial charge on any atom is -0.484 e. The van der Waals surface area contributed by atoms with Crippen LogP contribution in [-0.4, -0.2) is 56.3 Å². The standard InChI is InChI=1S/C25H32N4O3/c1-27-11-9-20(10-12-27)28-14-18-13-19(16-28)23-8-7-22(25(31)29(23)15-18)26-24(30)17-32-21-5-3-2-4-6-21/h2-8,18-20H,9-17H2,1H3,(H,26,30)/p+2/t18-,19+/m0/s1. The lowest BCUT2D eigenvalue weighted by Gasteiger charge is -2.44. The van der Waals surface area contributed by atoms with Gasteiger partial charge in [0.25, 0.3) is 11.5 Å². The summed E-state index contributed by atoms with van der Waals surface area (Å²) in [5.74, 6) is 1.29. The van der Waals surface area contributed by atoms with Crippen LogP contribution in [0.4, 0.5) is 5.69 Å². The molecule has 0 spiro atoms. The number of likely N-dealkylation sites (tertiary alicyclic amines) is 2. The number of carbonyl (C=O) groups excluding carboxylic acids is 1. The van der Waals surface area contributed by atoms with Gasteiger partial charge in [-0.1, -0.05) is 18.2 Å². The second-order valence-corrected chi connectivity index (χ2v) is 9.83. The topological polar surface area (TPSA) is 69.2 Å². The van der Waals surface area contributed by atoms with Gasteiger partial charge in [-0.25, -0.2) is 0 Å². The molecule has 3 aliphatic rings. The highest BCUT2D eigenvalue weighted by molar-refractivity contribution is 5.91. The van der Waals surface area contributed by atoms with Crippen molar-refractivity contribution in [1.29, 1.82) is 0 Å². The molecule has 7 heteroatoms. The zero-order chi connectivity index (χ0) is 22.1. The summed E-state index contributed by atoms with van der Waals surface area (Å²) in [6, 6.07) is 13.8. The maximum absolute atomic E-state index is 13.2. The number of pyridine rings is 1. The Bertz CT molecular complexity index is 1010. The lowest BCUT2D eigenvalue weighted by Crippen LogP contribution is -3.21. The fraction of sp³-hybridized carbons (Fsp3) is 0.520. The maximum Gasteiger partial charge on any atom is 0.274 e. The number of hydrogen-bond acceptors (Lipinski definition) is 3. The molecule has 2 aromatic rings. The fourth-order valence-electron chi connectivity index (χ4n) is 5.90. The molecule has 3 aliphatic heterocycles. The van der Waals surface area contributed by atoms with E-state index in [-0.39, 0.29) is 18.1 Å². The zero-order valence-corrected chi connectivity index (χ0v) is 18.8. The van der Waals surface area contributed by atoms with E-state index in [9.17, 15) is 9.59 Å². The molecule has 1 amide bonds. The van der Waals surface area contributed by atoms with Gasteiger partial charge in [-0.3, -0.25) is 9.59 Å². The molecule has 0 radical (unpaired) electrons. The van der Waals surface area contributed by atoms with Gasteiger partial charge >= 0.3 is 0 Å². The molecule has 2 saturated heterocycles. The highest BCUT2D eigenvalue weighted by Gasteiger charge is 2.41. The number of rotatable bonds is 5. The van der Waals surface area contributed by atoms with Crippen molar-refractivity contribution >= 4 is 11.6 Å². The van der Waals surface area contributed by atoms with Crippen LogP contribution in [0.15, 0.2) is 47.3 Å². The molecule has 32 heavy (non-hydrogen) atoms. The first kappa shape index (κ1) is 21.2. The Labute approximate surface area is 189 Å². The third kappa shape index (κ3) is 4.45. The Kier molecular flexibility index (Phi) is 6.02. The zero-order valence-electron chi connectivity index (χ0n) is 18.8. The summed E-state index contributed by atoms with van der Waals surface area (Å²) in [6.07, 6.45) is 3.80. The summed E-state index contributed by atoms with van der Waals surface area (Å²) in [5.41, 5.74) is 1.40. The minimum absolute atomic E-state index is 0.0865. The number of carbonyl (C=O) groups is 1. The van der Waals surface area contributed by atoms with Crippen LogP contribution in [0.3, 0.4) is 0 Å². The molecule has 3 N–H and O–H groups in total. The van der Waals surface area contributed by atoms with E-state index in [1.54, 1.807) is 28.0 Å². The van der Waals surface area contributed by atoms with E-state index in [0.29, 0.717) is 23.3 Å². The number of quaternary nitrogens is 2. The number of fused-ring (bicyclic) bond motifs is 4. The number of para-hydroxylation sites is 1. The SMILES string of the molecule is C[NH+]1CCC([NH+]2C[C@@H]3C[C@H](C2)c2ccc(NC(=O)COc4ccccc4)c(=O)n2C3)CC1. The molecule has 2 fully saturated rings. The smallest absolute Gasteiger partial charge is 0.274 e. The van der Waals surface area contributed by atoms with Crippen molar-refractivity contribution in [3.63, 3.8) is 0 Å². The number of benzene rings is 1. The van der Waals surface area contributed by atoms with Crippen molar-refractivity contribution in [2.45, 2.75) is 37.8 Å². The normalized spacial score (nSPS) is 29.1. The third-order valence-electron chi connectivity index (χ3n) is 7.55. The Morgan fingerprint density at radius 1 is 1.12 bits per heavy atom. The highest BCUT2D eigenvalue weighted by atomic mass is 16.5. The molecule has 2 bridgehead atoms. The molecule has 3 atom stereocenters. The average Bonchev–Trinajstić information content (AvgIpc) is 2.81. The maximum atomic E-state index is 13.2. The Morgan fingerprint density at radius 2 is 1.91 bits per heavy atom. The minimum atomic E-state index is -0.317. The van der Waals surface area contributed by atoms with Gasteiger partial charge in [-0.15, -0.1) is 0 Å². The average molecular weight is 439 g/mol. The predicted molar refractivity (Wildman–Crippen MR) is 122 cm³/mol. The number of piperidine rings is 2. The summed E-state index contributed by atoms with van der Waals surface area (Å²) >= 11 is 0. The van der Waals surface area contributed by atoms with E-state index < -0.39 is 0 Å². The summed E-state index contributed by atoms with van der Waals surface area (Å²) in [7, 11) is 2.29. The number of nitrogens with zero attached hydrogens (tertiary/aromatic N) is 1. The first-order valence-corrected chi connectivity index (χ1v) is 11.9. The van der Waals surface area contributed by atoms with Crippen LogP contribution < -0.4 is 25.4 Å². The molecule has 1 aromatic carbocycles. The first-order valence-electron chi connectivity index (χ1n) is 11.9. The molecule has 4 heterocycles. The van der Waals surface area contributed by atoms with Gasteiger partial charge < -0.3 is 24.4 Å². The Hall–Kier alpha value is -2.64. The van der Waals surface area contributed by atoms with Crippen LogP contribution in [0.1, 0.15) is 30.9 Å². The van der Waals surface area contributed by atoms with E-state index in [0.717, 1.165) is 31.4 Å². The van der Waals surface area contributed by atoms with Gasteiger partial charge in [0.15, 0.2) is 6.61 Å². The summed E-state index contributed by atoms with van der Waals surface area (Å²) in [5, 5.41) is 2.76. The summed E-state index contributed by atoms with van der Waals surface area (Å²) < 4.78 is 7.42. The quantitative estimate of drug-likeness (QED) is 0.592. The number of aromatic nitrogens is 1. The second-order valence-electron chi connectivity index (χ2n) is 9.83. The number of anilines is 1. The van der Waals surface area contributed by atoms with Crippen LogP contribution in [0.5, 0.6) is 5.75 Å². The molecule has 1 unspecified atom stereocenters. The van der Waals surface area contributed by atoms with Crippen LogP contribution >= 0.6 is 0 Å². The second kappa shape index (κ2) is 9.08. The molecule has 0 saturated carbocycles. The lowest BCUT2D eigenvalue weighted by atomic mass is 9.82. The largest absolute Gasteiger partial charge is 0.484 e. The molecule has 1 aromatic heterocycles. The van der Waals surface area contributed by atoms with Gasteiger partial charge in [-0.2, -0.15) is 0 Å². The van der Waals surface area contributed by atoms with E-state index >= 15 is 0 Å². The number of nitrogens with one attached hydrogen (secondary N) is 3. The van der Waals surface area contributed by atoms with Crippen molar-refractivity contribution in [2.75, 3.05) is 45.2 Å². The van der Waals surface area contributed by atoms with Crippen molar-refractivity contribution < 1.29 is 19.3 Å². The van der Waals surface area contributed by atoms with Crippen molar-refractivity contribution in [2.24, 2.45) is 5.92 Å². The van der Waals surface area contributed by atoms with Crippen LogP contribution in [-0.2, 0) is 11.3 Å². The summed E-state index contributed by atoms with van der Waals surface area (Å²) in [4.78, 5) is 28.9. The molecule has 170 valence electrons. The van der Waals surface area contributed by atoms with E-state index in [1.165, 1.54) is 32.4 Å². The summed E-state index contributed by atoms with van der Waals surface area (Å²) in [6.45, 7) is 5.47. The van der Waals surface area contributed by atoms with Crippen LogP contribution in [0.25, 0.3) is 0 Å². The number of hydrogen-bond donors (Lipinski definition) is 3. The monoisotopic (exact) mass is 438 g/mol.